The summed E-state index contributed by atoms with van der Waals surface area (Å²) in [6.45, 7) is 11.4. The maximum absolute atomic E-state index is 13.3. The first kappa shape index (κ1) is 24.3. The Morgan fingerprint density at radius 2 is 1.61 bits per heavy atom. The number of hydrogen-bond donors (Lipinski definition) is 1. The first-order valence-electron chi connectivity index (χ1n) is 12.0. The highest BCUT2D eigenvalue weighted by Gasteiger charge is 2.20. The van der Waals surface area contributed by atoms with E-state index in [2.05, 4.69) is 37.6 Å². The quantitative estimate of drug-likeness (QED) is 0.549. The summed E-state index contributed by atoms with van der Waals surface area (Å²) in [6, 6.07) is 10.9. The fourth-order valence-corrected chi connectivity index (χ4v) is 4.54. The van der Waals surface area contributed by atoms with Crippen molar-refractivity contribution < 1.29 is 19.0 Å². The van der Waals surface area contributed by atoms with E-state index < -0.39 is 6.10 Å². The number of benzene rings is 1. The molecule has 0 saturated carbocycles. The summed E-state index contributed by atoms with van der Waals surface area (Å²) in [4.78, 5) is 7.07. The Hall–Kier alpha value is -1.81. The largest absolute Gasteiger partial charge is 0.390 e. The van der Waals surface area contributed by atoms with Gasteiger partial charge in [0.1, 0.15) is 5.82 Å². The molecule has 0 amide bonds. The van der Waals surface area contributed by atoms with E-state index in [4.69, 9.17) is 9.47 Å². The first-order valence-corrected chi connectivity index (χ1v) is 12.0. The van der Waals surface area contributed by atoms with Crippen LogP contribution < -0.4 is 0 Å². The van der Waals surface area contributed by atoms with E-state index >= 15 is 0 Å². The van der Waals surface area contributed by atoms with Gasteiger partial charge in [-0.2, -0.15) is 0 Å². The molecule has 4 rings (SSSR count). The number of aliphatic hydroxyl groups excluding tert-OH is 1. The van der Waals surface area contributed by atoms with Crippen LogP contribution >= 0.6 is 0 Å². The van der Waals surface area contributed by atoms with Gasteiger partial charge >= 0.3 is 0 Å². The molecule has 1 atom stereocenters. The molecule has 1 N–H and O–H groups in total. The molecule has 2 aliphatic rings. The van der Waals surface area contributed by atoms with Crippen molar-refractivity contribution in [2.45, 2.75) is 19.2 Å². The molecule has 1 unspecified atom stereocenters. The lowest BCUT2D eigenvalue weighted by atomic mass is 10.2. The Bertz CT molecular complexity index is 819. The lowest BCUT2D eigenvalue weighted by molar-refractivity contribution is 0.00259. The second-order valence-corrected chi connectivity index (χ2v) is 9.01. The summed E-state index contributed by atoms with van der Waals surface area (Å²) < 4.78 is 26.4. The molecule has 0 aliphatic carbocycles. The molecule has 8 heteroatoms. The van der Waals surface area contributed by atoms with E-state index in [1.165, 1.54) is 17.8 Å². The Kier molecular flexibility index (Phi) is 9.28. The van der Waals surface area contributed by atoms with Crippen LogP contribution in [0.1, 0.15) is 11.3 Å². The van der Waals surface area contributed by atoms with E-state index in [9.17, 15) is 9.50 Å². The van der Waals surface area contributed by atoms with Gasteiger partial charge in [0.2, 0.25) is 0 Å². The van der Waals surface area contributed by atoms with Crippen LogP contribution in [-0.4, -0.2) is 109 Å². The molecule has 0 spiro atoms. The van der Waals surface area contributed by atoms with E-state index in [0.717, 1.165) is 77.8 Å². The number of nitrogens with zero attached hydrogens (tertiary/aromatic N) is 4. The van der Waals surface area contributed by atoms with Crippen LogP contribution in [0.3, 0.4) is 0 Å². The van der Waals surface area contributed by atoms with Crippen LogP contribution in [0.4, 0.5) is 4.39 Å². The SMILES string of the molecule is OC(CN1CCOCC1)CN(CCN1CCOCC1)Cc1cccn1Cc1ccc(F)cc1. The number of ether oxygens (including phenoxy) is 2. The van der Waals surface area contributed by atoms with Gasteiger partial charge in [0.25, 0.3) is 0 Å². The van der Waals surface area contributed by atoms with Gasteiger partial charge in [0.05, 0.1) is 32.5 Å². The lowest BCUT2D eigenvalue weighted by Gasteiger charge is -2.33. The van der Waals surface area contributed by atoms with Gasteiger partial charge in [-0.05, 0) is 29.8 Å². The fraction of sp³-hybridized carbons (Fsp3) is 0.600. The van der Waals surface area contributed by atoms with Crippen LogP contribution in [-0.2, 0) is 22.6 Å². The summed E-state index contributed by atoms with van der Waals surface area (Å²) in [5.41, 5.74) is 2.26. The molecule has 7 nitrogen and oxygen atoms in total. The van der Waals surface area contributed by atoms with Crippen molar-refractivity contribution in [1.29, 1.82) is 0 Å². The van der Waals surface area contributed by atoms with Gasteiger partial charge in [0.15, 0.2) is 0 Å². The van der Waals surface area contributed by atoms with Gasteiger partial charge in [-0.1, -0.05) is 12.1 Å². The van der Waals surface area contributed by atoms with Gasteiger partial charge in [0, 0.05) is 77.3 Å². The van der Waals surface area contributed by atoms with Crippen molar-refractivity contribution in [3.8, 4) is 0 Å². The van der Waals surface area contributed by atoms with Gasteiger partial charge in [-0.15, -0.1) is 0 Å². The van der Waals surface area contributed by atoms with Crippen molar-refractivity contribution in [2.75, 3.05) is 78.8 Å². The minimum Gasteiger partial charge on any atom is -0.390 e. The number of aliphatic hydroxyl groups is 1. The minimum atomic E-state index is -0.409. The molecule has 33 heavy (non-hydrogen) atoms. The highest BCUT2D eigenvalue weighted by molar-refractivity contribution is 5.18. The maximum atomic E-state index is 13.3. The number of hydrogen-bond acceptors (Lipinski definition) is 6. The van der Waals surface area contributed by atoms with Crippen molar-refractivity contribution in [2.24, 2.45) is 0 Å². The van der Waals surface area contributed by atoms with Crippen molar-refractivity contribution >= 4 is 0 Å². The predicted molar refractivity (Wildman–Crippen MR) is 126 cm³/mol. The molecule has 2 fully saturated rings. The van der Waals surface area contributed by atoms with E-state index in [0.29, 0.717) is 19.6 Å². The third-order valence-corrected chi connectivity index (χ3v) is 6.45. The maximum Gasteiger partial charge on any atom is 0.123 e. The Morgan fingerprint density at radius 1 is 0.939 bits per heavy atom. The summed E-state index contributed by atoms with van der Waals surface area (Å²) in [5.74, 6) is -0.213. The molecule has 182 valence electrons. The fourth-order valence-electron chi connectivity index (χ4n) is 4.54. The highest BCUT2D eigenvalue weighted by atomic mass is 19.1. The molecule has 0 radical (unpaired) electrons. The lowest BCUT2D eigenvalue weighted by Crippen LogP contribution is -2.46. The first-order chi connectivity index (χ1) is 16.2. The Labute approximate surface area is 196 Å². The van der Waals surface area contributed by atoms with Crippen LogP contribution in [0.25, 0.3) is 0 Å². The van der Waals surface area contributed by atoms with Crippen LogP contribution in [0.2, 0.25) is 0 Å². The second-order valence-electron chi connectivity index (χ2n) is 9.01. The standard InChI is InChI=1S/C25H37FN4O3/c26-23-5-3-22(4-6-23)18-30-7-1-2-24(30)19-29(9-8-27-10-14-32-15-11-27)21-25(31)20-28-12-16-33-17-13-28/h1-7,25,31H,8-21H2. The number of halogens is 1. The molecule has 1 aromatic carbocycles. The number of morpholine rings is 2. The minimum absolute atomic E-state index is 0.213. The topological polar surface area (TPSA) is 53.3 Å². The molecular weight excluding hydrogens is 423 g/mol. The third-order valence-electron chi connectivity index (χ3n) is 6.45. The van der Waals surface area contributed by atoms with Crippen molar-refractivity contribution in [3.63, 3.8) is 0 Å². The Morgan fingerprint density at radius 3 is 2.30 bits per heavy atom. The van der Waals surface area contributed by atoms with Gasteiger partial charge in [-0.3, -0.25) is 14.7 Å². The van der Waals surface area contributed by atoms with Crippen molar-refractivity contribution in [1.82, 2.24) is 19.3 Å². The summed E-state index contributed by atoms with van der Waals surface area (Å²) in [7, 11) is 0. The van der Waals surface area contributed by atoms with Crippen LogP contribution in [0, 0.1) is 5.82 Å². The zero-order chi connectivity index (χ0) is 22.9. The monoisotopic (exact) mass is 460 g/mol. The molecular formula is C25H37FN4O3. The number of rotatable bonds is 11. The smallest absolute Gasteiger partial charge is 0.123 e. The molecule has 2 saturated heterocycles. The zero-order valence-electron chi connectivity index (χ0n) is 19.4. The highest BCUT2D eigenvalue weighted by Crippen LogP contribution is 2.13. The summed E-state index contributed by atoms with van der Waals surface area (Å²) in [6.07, 6.45) is 1.66. The zero-order valence-corrected chi connectivity index (χ0v) is 19.4. The number of aromatic nitrogens is 1. The van der Waals surface area contributed by atoms with E-state index in [1.807, 2.05) is 12.1 Å². The average molecular weight is 461 g/mol. The van der Waals surface area contributed by atoms with Crippen LogP contribution in [0.15, 0.2) is 42.6 Å². The second kappa shape index (κ2) is 12.6. The molecule has 1 aromatic heterocycles. The Balaban J connectivity index is 1.37. The van der Waals surface area contributed by atoms with Crippen LogP contribution in [0.5, 0.6) is 0 Å². The van der Waals surface area contributed by atoms with Gasteiger partial charge in [-0.25, -0.2) is 4.39 Å². The van der Waals surface area contributed by atoms with E-state index in [-0.39, 0.29) is 5.82 Å². The van der Waals surface area contributed by atoms with E-state index in [1.54, 1.807) is 0 Å². The molecule has 0 bridgehead atoms. The molecule has 2 aliphatic heterocycles. The summed E-state index contributed by atoms with van der Waals surface area (Å²) >= 11 is 0. The number of β-amino-alcohol motifs (C(OH)–C–C–N with tert-alkyl or cyclic N) is 1. The van der Waals surface area contributed by atoms with Gasteiger partial charge < -0.3 is 19.1 Å². The molecule has 3 heterocycles. The van der Waals surface area contributed by atoms with Crippen molar-refractivity contribution in [3.05, 3.63) is 59.7 Å². The normalized spacial score (nSPS) is 19.2. The average Bonchev–Trinajstić information content (AvgIpc) is 3.26. The third kappa shape index (κ3) is 7.88. The predicted octanol–water partition coefficient (Wildman–Crippen LogP) is 1.50. The summed E-state index contributed by atoms with van der Waals surface area (Å²) in [5, 5.41) is 10.9. The molecule has 2 aromatic rings.